The summed E-state index contributed by atoms with van der Waals surface area (Å²) < 4.78 is 1.53. The molecule has 1 heterocycles. The van der Waals surface area contributed by atoms with Crippen LogP contribution in [0.3, 0.4) is 0 Å². The fraction of sp³-hybridized carbons (Fsp3) is 0.556. The number of carbonyl (C=O) groups excluding carboxylic acids is 1. The van der Waals surface area contributed by atoms with Gasteiger partial charge in [0.2, 0.25) is 0 Å². The molecule has 0 spiro atoms. The van der Waals surface area contributed by atoms with Gasteiger partial charge in [-0.25, -0.2) is 0 Å². The van der Waals surface area contributed by atoms with Crippen LogP contribution >= 0.6 is 0 Å². The third kappa shape index (κ3) is 2.31. The number of hydrogen-bond donors (Lipinski definition) is 1. The summed E-state index contributed by atoms with van der Waals surface area (Å²) in [5.41, 5.74) is 6.55. The molecule has 0 aliphatic carbocycles. The summed E-state index contributed by atoms with van der Waals surface area (Å²) in [5.74, 6) is 0.112. The third-order valence-corrected chi connectivity index (χ3v) is 1.80. The lowest BCUT2D eigenvalue weighted by Crippen LogP contribution is -2.15. The number of aryl methyl sites for hydroxylation is 1. The van der Waals surface area contributed by atoms with Gasteiger partial charge in [-0.15, -0.1) is 0 Å². The lowest BCUT2D eigenvalue weighted by atomic mass is 10.1. The summed E-state index contributed by atoms with van der Waals surface area (Å²) in [4.78, 5) is 10.9. The quantitative estimate of drug-likeness (QED) is 0.746. The van der Waals surface area contributed by atoms with E-state index in [1.54, 1.807) is 13.1 Å². The summed E-state index contributed by atoms with van der Waals surface area (Å²) in [6, 6.07) is 1.75. The highest BCUT2D eigenvalue weighted by molar-refractivity contribution is 5.91. The van der Waals surface area contributed by atoms with Gasteiger partial charge in [0.1, 0.15) is 5.69 Å². The Bertz CT molecular complexity index is 315. The first-order chi connectivity index (χ1) is 6.00. The average molecular weight is 181 g/mol. The predicted molar refractivity (Wildman–Crippen MR) is 50.3 cm³/mol. The van der Waals surface area contributed by atoms with Crippen LogP contribution in [0.2, 0.25) is 0 Å². The summed E-state index contributed by atoms with van der Waals surface area (Å²) >= 11 is 0. The van der Waals surface area contributed by atoms with E-state index in [1.165, 1.54) is 4.68 Å². The van der Waals surface area contributed by atoms with Crippen LogP contribution in [0.25, 0.3) is 0 Å². The molecule has 2 N–H and O–H groups in total. The molecule has 0 aromatic carbocycles. The van der Waals surface area contributed by atoms with E-state index in [0.717, 1.165) is 12.1 Å². The van der Waals surface area contributed by atoms with Crippen molar-refractivity contribution in [2.75, 3.05) is 0 Å². The molecular weight excluding hydrogens is 166 g/mol. The number of aromatic nitrogens is 2. The normalized spacial score (nSPS) is 10.8. The van der Waals surface area contributed by atoms with Crippen molar-refractivity contribution in [3.8, 4) is 0 Å². The smallest absolute Gasteiger partial charge is 0.266 e. The lowest BCUT2D eigenvalue weighted by Gasteiger charge is -1.98. The second kappa shape index (κ2) is 3.60. The molecule has 0 bridgehead atoms. The van der Waals surface area contributed by atoms with Gasteiger partial charge in [0.15, 0.2) is 0 Å². The van der Waals surface area contributed by atoms with Gasteiger partial charge >= 0.3 is 0 Å². The highest BCUT2D eigenvalue weighted by Crippen LogP contribution is 2.07. The summed E-state index contributed by atoms with van der Waals surface area (Å²) in [6.07, 6.45) is 0.876. The van der Waals surface area contributed by atoms with E-state index >= 15 is 0 Å². The highest BCUT2D eigenvalue weighted by atomic mass is 16.1. The Balaban J connectivity index is 2.89. The van der Waals surface area contributed by atoms with Crippen LogP contribution in [0.15, 0.2) is 6.07 Å². The zero-order valence-corrected chi connectivity index (χ0v) is 8.24. The minimum absolute atomic E-state index is 0.426. The Morgan fingerprint density at radius 1 is 1.69 bits per heavy atom. The van der Waals surface area contributed by atoms with Gasteiger partial charge in [-0.05, 0) is 18.4 Å². The molecule has 1 aromatic heterocycles. The monoisotopic (exact) mass is 181 g/mol. The van der Waals surface area contributed by atoms with Gasteiger partial charge in [-0.3, -0.25) is 9.48 Å². The van der Waals surface area contributed by atoms with Crippen molar-refractivity contribution in [2.45, 2.75) is 20.3 Å². The van der Waals surface area contributed by atoms with E-state index < -0.39 is 5.91 Å². The molecule has 1 amide bonds. The van der Waals surface area contributed by atoms with Crippen molar-refractivity contribution in [3.63, 3.8) is 0 Å². The molecule has 0 atom stereocenters. The van der Waals surface area contributed by atoms with Crippen molar-refractivity contribution in [1.82, 2.24) is 9.78 Å². The maximum absolute atomic E-state index is 10.9. The summed E-state index contributed by atoms with van der Waals surface area (Å²) in [6.45, 7) is 4.22. The standard InChI is InChI=1S/C9H15N3O/c1-6(2)4-7-5-8(9(10)13)12(3)11-7/h5-6H,4H2,1-3H3,(H2,10,13). The summed E-state index contributed by atoms with van der Waals surface area (Å²) in [5, 5.41) is 4.19. The highest BCUT2D eigenvalue weighted by Gasteiger charge is 2.10. The van der Waals surface area contributed by atoms with Crippen molar-refractivity contribution in [3.05, 3.63) is 17.5 Å². The van der Waals surface area contributed by atoms with E-state index in [0.29, 0.717) is 11.6 Å². The van der Waals surface area contributed by atoms with Gasteiger partial charge in [0, 0.05) is 7.05 Å². The Labute approximate surface area is 77.7 Å². The average Bonchev–Trinajstić information content (AvgIpc) is 2.29. The largest absolute Gasteiger partial charge is 0.364 e. The first-order valence-corrected chi connectivity index (χ1v) is 4.33. The maximum atomic E-state index is 10.9. The maximum Gasteiger partial charge on any atom is 0.266 e. The molecule has 0 aliphatic rings. The van der Waals surface area contributed by atoms with Crippen molar-refractivity contribution in [2.24, 2.45) is 18.7 Å². The molecule has 1 aromatic rings. The third-order valence-electron chi connectivity index (χ3n) is 1.80. The van der Waals surface area contributed by atoms with E-state index in [4.69, 9.17) is 5.73 Å². The topological polar surface area (TPSA) is 60.9 Å². The number of nitrogens with two attached hydrogens (primary N) is 1. The number of amides is 1. The Morgan fingerprint density at radius 3 is 2.69 bits per heavy atom. The molecule has 1 rings (SSSR count). The van der Waals surface area contributed by atoms with E-state index in [-0.39, 0.29) is 0 Å². The van der Waals surface area contributed by atoms with Gasteiger partial charge in [-0.2, -0.15) is 5.10 Å². The summed E-state index contributed by atoms with van der Waals surface area (Å²) in [7, 11) is 1.73. The molecule has 0 unspecified atom stereocenters. The number of primary amides is 1. The van der Waals surface area contributed by atoms with Crippen LogP contribution in [0.1, 0.15) is 30.0 Å². The molecule has 72 valence electrons. The van der Waals surface area contributed by atoms with Crippen LogP contribution in [0.5, 0.6) is 0 Å². The van der Waals surface area contributed by atoms with Gasteiger partial charge in [0.25, 0.3) is 5.91 Å². The van der Waals surface area contributed by atoms with Crippen LogP contribution in [0, 0.1) is 5.92 Å². The number of carbonyl (C=O) groups is 1. The number of rotatable bonds is 3. The predicted octanol–water partition coefficient (Wildman–Crippen LogP) is 0.718. The Morgan fingerprint density at radius 2 is 2.31 bits per heavy atom. The van der Waals surface area contributed by atoms with Crippen molar-refractivity contribution in [1.29, 1.82) is 0 Å². The molecule has 0 saturated heterocycles. The van der Waals surface area contributed by atoms with Crippen molar-refractivity contribution < 1.29 is 4.79 Å². The number of nitrogens with zero attached hydrogens (tertiary/aromatic N) is 2. The molecule has 0 aliphatic heterocycles. The molecular formula is C9H15N3O. The lowest BCUT2D eigenvalue weighted by molar-refractivity contribution is 0.0991. The zero-order valence-electron chi connectivity index (χ0n) is 8.24. The molecule has 4 nitrogen and oxygen atoms in total. The zero-order chi connectivity index (χ0) is 10.0. The molecule has 0 saturated carbocycles. The van der Waals surface area contributed by atoms with Crippen molar-refractivity contribution >= 4 is 5.91 Å². The molecule has 13 heavy (non-hydrogen) atoms. The first kappa shape index (κ1) is 9.77. The van der Waals surface area contributed by atoms with Gasteiger partial charge in [0.05, 0.1) is 5.69 Å². The van der Waals surface area contributed by atoms with E-state index in [1.807, 2.05) is 0 Å². The van der Waals surface area contributed by atoms with Crippen LogP contribution in [-0.4, -0.2) is 15.7 Å². The van der Waals surface area contributed by atoms with E-state index in [9.17, 15) is 4.79 Å². The minimum Gasteiger partial charge on any atom is -0.364 e. The fourth-order valence-electron chi connectivity index (χ4n) is 1.28. The Hall–Kier alpha value is -1.32. The molecule has 0 fully saturated rings. The molecule has 0 radical (unpaired) electrons. The van der Waals surface area contributed by atoms with E-state index in [2.05, 4.69) is 18.9 Å². The molecule has 4 heteroatoms. The SMILES string of the molecule is CC(C)Cc1cc(C(N)=O)n(C)n1. The Kier molecular flexibility index (Phi) is 2.70. The fourth-order valence-corrected chi connectivity index (χ4v) is 1.28. The second-order valence-electron chi connectivity index (χ2n) is 3.61. The first-order valence-electron chi connectivity index (χ1n) is 4.33. The number of hydrogen-bond acceptors (Lipinski definition) is 2. The van der Waals surface area contributed by atoms with Crippen LogP contribution < -0.4 is 5.73 Å². The van der Waals surface area contributed by atoms with Crippen LogP contribution in [0.4, 0.5) is 0 Å². The van der Waals surface area contributed by atoms with Gasteiger partial charge in [-0.1, -0.05) is 13.8 Å². The second-order valence-corrected chi connectivity index (χ2v) is 3.61. The van der Waals surface area contributed by atoms with Gasteiger partial charge < -0.3 is 5.73 Å². The van der Waals surface area contributed by atoms with Crippen LogP contribution in [-0.2, 0) is 13.5 Å². The minimum atomic E-state index is -0.426.